The SMILES string of the molecule is C[C@H](SCc1nc2scc(-c3ccccc3)c2c(=O)[nH]1)C(=O)N1CCC[C@@H]1c1ccccc1. The molecule has 1 aliphatic rings. The molecule has 0 spiro atoms. The van der Waals surface area contributed by atoms with Crippen molar-refractivity contribution in [2.45, 2.75) is 36.8 Å². The van der Waals surface area contributed by atoms with Crippen LogP contribution in [0.15, 0.2) is 70.8 Å². The zero-order valence-electron chi connectivity index (χ0n) is 18.4. The van der Waals surface area contributed by atoms with Gasteiger partial charge in [-0.2, -0.15) is 0 Å². The lowest BCUT2D eigenvalue weighted by atomic mass is 10.0. The molecule has 4 aromatic rings. The van der Waals surface area contributed by atoms with Gasteiger partial charge in [0.05, 0.1) is 22.4 Å². The van der Waals surface area contributed by atoms with Gasteiger partial charge >= 0.3 is 0 Å². The Balaban J connectivity index is 1.29. The number of hydrogen-bond acceptors (Lipinski definition) is 5. The third kappa shape index (κ3) is 4.48. The van der Waals surface area contributed by atoms with E-state index in [0.717, 1.165) is 35.3 Å². The highest BCUT2D eigenvalue weighted by Crippen LogP contribution is 2.34. The number of aromatic nitrogens is 2. The molecule has 1 N–H and O–H groups in total. The minimum absolute atomic E-state index is 0.127. The van der Waals surface area contributed by atoms with Gasteiger partial charge in [-0.25, -0.2) is 4.98 Å². The van der Waals surface area contributed by atoms with E-state index in [9.17, 15) is 9.59 Å². The first kappa shape index (κ1) is 21.9. The highest BCUT2D eigenvalue weighted by atomic mass is 32.2. The lowest BCUT2D eigenvalue weighted by Crippen LogP contribution is -2.36. The molecule has 1 fully saturated rings. The van der Waals surface area contributed by atoms with Crippen molar-refractivity contribution in [2.24, 2.45) is 0 Å². The van der Waals surface area contributed by atoms with Gasteiger partial charge < -0.3 is 9.88 Å². The summed E-state index contributed by atoms with van der Waals surface area (Å²) in [6.07, 6.45) is 2.02. The number of nitrogens with zero attached hydrogens (tertiary/aromatic N) is 2. The Bertz CT molecular complexity index is 1320. The molecular formula is C26H25N3O2S2. The van der Waals surface area contributed by atoms with Crippen LogP contribution in [0, 0.1) is 0 Å². The van der Waals surface area contributed by atoms with Crippen LogP contribution in [-0.4, -0.2) is 32.6 Å². The molecule has 1 amide bonds. The standard InChI is InChI=1S/C26H25N3O2S2/c1-17(26(31)29-14-8-13-21(29)19-11-6-3-7-12-19)32-16-22-27-24(30)23-20(15-33-25(23)28-22)18-9-4-2-5-10-18/h2-7,9-12,15,17,21H,8,13-14,16H2,1H3,(H,27,28,30)/t17-,21+/m0/s1. The molecule has 0 unspecified atom stereocenters. The molecule has 2 atom stereocenters. The Morgan fingerprint density at radius 2 is 1.91 bits per heavy atom. The minimum atomic E-state index is -0.210. The van der Waals surface area contributed by atoms with Gasteiger partial charge in [-0.05, 0) is 30.9 Å². The van der Waals surface area contributed by atoms with Crippen molar-refractivity contribution in [1.29, 1.82) is 0 Å². The molecule has 33 heavy (non-hydrogen) atoms. The highest BCUT2D eigenvalue weighted by molar-refractivity contribution is 7.99. The van der Waals surface area contributed by atoms with Gasteiger partial charge in [0.15, 0.2) is 0 Å². The van der Waals surface area contributed by atoms with Gasteiger partial charge in [-0.1, -0.05) is 60.7 Å². The largest absolute Gasteiger partial charge is 0.335 e. The Kier molecular flexibility index (Phi) is 6.33. The quantitative estimate of drug-likeness (QED) is 0.392. The van der Waals surface area contributed by atoms with Crippen LogP contribution < -0.4 is 5.56 Å². The third-order valence-electron chi connectivity index (χ3n) is 6.12. The number of carbonyl (C=O) groups is 1. The first-order valence-electron chi connectivity index (χ1n) is 11.1. The lowest BCUT2D eigenvalue weighted by Gasteiger charge is -2.27. The molecule has 0 bridgehead atoms. The lowest BCUT2D eigenvalue weighted by molar-refractivity contribution is -0.131. The maximum Gasteiger partial charge on any atom is 0.260 e. The van der Waals surface area contributed by atoms with Gasteiger partial charge in [0.25, 0.3) is 5.56 Å². The van der Waals surface area contributed by atoms with Crippen molar-refractivity contribution in [2.75, 3.05) is 6.54 Å². The van der Waals surface area contributed by atoms with E-state index in [2.05, 4.69) is 17.1 Å². The van der Waals surface area contributed by atoms with Crippen LogP contribution in [0.5, 0.6) is 0 Å². The second-order valence-electron chi connectivity index (χ2n) is 8.26. The van der Waals surface area contributed by atoms with E-state index < -0.39 is 0 Å². The van der Waals surface area contributed by atoms with E-state index >= 15 is 0 Å². The number of nitrogens with one attached hydrogen (secondary N) is 1. The minimum Gasteiger partial charge on any atom is -0.335 e. The fourth-order valence-corrected chi connectivity index (χ4v) is 6.24. The normalized spacial score (nSPS) is 16.9. The topological polar surface area (TPSA) is 66.1 Å². The number of amides is 1. The summed E-state index contributed by atoms with van der Waals surface area (Å²) in [4.78, 5) is 36.4. The van der Waals surface area contributed by atoms with E-state index in [1.807, 2.05) is 65.7 Å². The Morgan fingerprint density at radius 3 is 2.67 bits per heavy atom. The summed E-state index contributed by atoms with van der Waals surface area (Å²) in [6, 6.07) is 20.3. The summed E-state index contributed by atoms with van der Waals surface area (Å²) in [5, 5.41) is 2.41. The molecule has 1 aliphatic heterocycles. The van der Waals surface area contributed by atoms with Crippen LogP contribution >= 0.6 is 23.1 Å². The average Bonchev–Trinajstić information content (AvgIpc) is 3.51. The summed E-state index contributed by atoms with van der Waals surface area (Å²) in [6.45, 7) is 2.74. The van der Waals surface area contributed by atoms with Crippen LogP contribution in [0.4, 0.5) is 0 Å². The summed E-state index contributed by atoms with van der Waals surface area (Å²) < 4.78 is 0. The fraction of sp³-hybridized carbons (Fsp3) is 0.269. The fourth-order valence-electron chi connectivity index (χ4n) is 4.45. The van der Waals surface area contributed by atoms with Gasteiger partial charge in [-0.3, -0.25) is 9.59 Å². The number of hydrogen-bond donors (Lipinski definition) is 1. The van der Waals surface area contributed by atoms with Crippen LogP contribution in [0.2, 0.25) is 0 Å². The number of rotatable bonds is 6. The van der Waals surface area contributed by atoms with Crippen LogP contribution in [-0.2, 0) is 10.5 Å². The predicted octanol–water partition coefficient (Wildman–Crippen LogP) is 5.64. The summed E-state index contributed by atoms with van der Waals surface area (Å²) >= 11 is 3.00. The summed E-state index contributed by atoms with van der Waals surface area (Å²) in [5.41, 5.74) is 2.99. The zero-order valence-corrected chi connectivity index (χ0v) is 20.0. The second-order valence-corrected chi connectivity index (χ2v) is 10.4. The zero-order chi connectivity index (χ0) is 22.8. The van der Waals surface area contributed by atoms with Crippen LogP contribution in [0.25, 0.3) is 21.3 Å². The molecule has 2 aromatic carbocycles. The molecule has 3 heterocycles. The maximum absolute atomic E-state index is 13.2. The molecule has 5 nitrogen and oxygen atoms in total. The van der Waals surface area contributed by atoms with Gasteiger partial charge in [-0.15, -0.1) is 23.1 Å². The van der Waals surface area contributed by atoms with Crippen molar-refractivity contribution in [1.82, 2.24) is 14.9 Å². The smallest absolute Gasteiger partial charge is 0.260 e. The molecule has 7 heteroatoms. The number of likely N-dealkylation sites (tertiary alicyclic amines) is 1. The van der Waals surface area contributed by atoms with Crippen molar-refractivity contribution in [3.8, 4) is 11.1 Å². The monoisotopic (exact) mass is 475 g/mol. The Hall–Kier alpha value is -2.90. The number of thioether (sulfide) groups is 1. The van der Waals surface area contributed by atoms with Crippen molar-refractivity contribution < 1.29 is 4.79 Å². The molecule has 168 valence electrons. The van der Waals surface area contributed by atoms with Crippen LogP contribution in [0.3, 0.4) is 0 Å². The first-order valence-corrected chi connectivity index (χ1v) is 13.1. The molecule has 5 rings (SSSR count). The van der Waals surface area contributed by atoms with E-state index in [1.54, 1.807) is 0 Å². The van der Waals surface area contributed by atoms with Crippen molar-refractivity contribution in [3.63, 3.8) is 0 Å². The maximum atomic E-state index is 13.2. The van der Waals surface area contributed by atoms with Crippen molar-refractivity contribution in [3.05, 3.63) is 87.8 Å². The highest BCUT2D eigenvalue weighted by Gasteiger charge is 2.32. The average molecular weight is 476 g/mol. The van der Waals surface area contributed by atoms with Crippen molar-refractivity contribution >= 4 is 39.2 Å². The first-order chi connectivity index (χ1) is 16.1. The van der Waals surface area contributed by atoms with Gasteiger partial charge in [0.1, 0.15) is 10.7 Å². The summed E-state index contributed by atoms with van der Waals surface area (Å²) in [5.74, 6) is 1.25. The third-order valence-corrected chi connectivity index (χ3v) is 8.13. The molecule has 0 saturated carbocycles. The van der Waals surface area contributed by atoms with Crippen LogP contribution in [0.1, 0.15) is 37.2 Å². The number of aromatic amines is 1. The van der Waals surface area contributed by atoms with E-state index in [0.29, 0.717) is 17.0 Å². The van der Waals surface area contributed by atoms with E-state index in [-0.39, 0.29) is 22.8 Å². The molecule has 2 aromatic heterocycles. The molecular weight excluding hydrogens is 450 g/mol. The number of H-pyrrole nitrogens is 1. The second kappa shape index (κ2) is 9.53. The van der Waals surface area contributed by atoms with E-state index in [4.69, 9.17) is 4.98 Å². The van der Waals surface area contributed by atoms with Gasteiger partial charge in [0, 0.05) is 17.5 Å². The summed E-state index contributed by atoms with van der Waals surface area (Å²) in [7, 11) is 0. The Labute approximate surface area is 200 Å². The number of fused-ring (bicyclic) bond motifs is 1. The van der Waals surface area contributed by atoms with Gasteiger partial charge in [0.2, 0.25) is 5.91 Å². The molecule has 1 saturated heterocycles. The van der Waals surface area contributed by atoms with E-state index in [1.165, 1.54) is 28.7 Å². The molecule has 0 radical (unpaired) electrons. The number of benzene rings is 2. The predicted molar refractivity (Wildman–Crippen MR) is 137 cm³/mol. The number of carbonyl (C=O) groups excluding carboxylic acids is 1. The number of thiophene rings is 1. The molecule has 0 aliphatic carbocycles. The Morgan fingerprint density at radius 1 is 1.18 bits per heavy atom.